The fraction of sp³-hybridized carbons (Fsp3) is 0.411. The van der Waals surface area contributed by atoms with Crippen molar-refractivity contribution in [2.24, 2.45) is 0 Å². The lowest BCUT2D eigenvalue weighted by molar-refractivity contribution is -0.438. The smallest absolute Gasteiger partial charge is 0.335 e. The van der Waals surface area contributed by atoms with Gasteiger partial charge in [-0.15, -0.1) is 0 Å². The SMILES string of the molecule is CCCCCCCC[N+]1=C(/C=C2/C(=O)C(/C=C/c3ccc(N(c4ccc(OCCCCCC)cc4)c4ccc(OCCCCCC)cc4)cc3)=C2[O-])C(C)(C)c2cc(C(=O)O)ccc21. The lowest BCUT2D eigenvalue weighted by Gasteiger charge is -2.29. The summed E-state index contributed by atoms with van der Waals surface area (Å²) in [7, 11) is 0. The van der Waals surface area contributed by atoms with E-state index in [1.54, 1.807) is 24.3 Å². The molecule has 0 amide bonds. The number of nitrogens with zero attached hydrogens (tertiary/aromatic N) is 2. The van der Waals surface area contributed by atoms with Crippen molar-refractivity contribution < 1.29 is 33.9 Å². The molecule has 0 unspecified atom stereocenters. The number of hydrogen-bond donors (Lipinski definition) is 1. The molecule has 0 aromatic heterocycles. The number of carboxylic acids is 1. The molecule has 0 saturated heterocycles. The topological polar surface area (TPSA) is 102 Å². The summed E-state index contributed by atoms with van der Waals surface area (Å²) in [5.74, 6) is 0.145. The van der Waals surface area contributed by atoms with Crippen LogP contribution in [0.5, 0.6) is 11.5 Å². The zero-order chi connectivity index (χ0) is 45.5. The van der Waals surface area contributed by atoms with Gasteiger partial charge in [0.15, 0.2) is 11.5 Å². The first-order valence-corrected chi connectivity index (χ1v) is 23.8. The van der Waals surface area contributed by atoms with Gasteiger partial charge in [0.1, 0.15) is 18.0 Å². The molecule has 0 spiro atoms. The van der Waals surface area contributed by atoms with E-state index in [4.69, 9.17) is 9.47 Å². The van der Waals surface area contributed by atoms with Crippen LogP contribution in [0.4, 0.5) is 22.7 Å². The molecule has 8 nitrogen and oxygen atoms in total. The maximum Gasteiger partial charge on any atom is 0.335 e. The summed E-state index contributed by atoms with van der Waals surface area (Å²) in [5, 5.41) is 23.4. The van der Waals surface area contributed by atoms with Crippen LogP contribution in [0.1, 0.15) is 146 Å². The molecule has 0 fully saturated rings. The average molecular weight is 865 g/mol. The Hall–Kier alpha value is -5.89. The number of ketones is 1. The fourth-order valence-electron chi connectivity index (χ4n) is 8.59. The van der Waals surface area contributed by atoms with Gasteiger partial charge in [0, 0.05) is 52.3 Å². The van der Waals surface area contributed by atoms with Crippen molar-refractivity contribution in [3.8, 4) is 11.5 Å². The van der Waals surface area contributed by atoms with Crippen LogP contribution in [-0.2, 0) is 10.2 Å². The van der Waals surface area contributed by atoms with Gasteiger partial charge in [-0.3, -0.25) is 4.79 Å². The maximum absolute atomic E-state index is 13.7. The van der Waals surface area contributed by atoms with Gasteiger partial charge in [-0.25, -0.2) is 4.79 Å². The number of carbonyl (C=O) groups is 2. The number of carbonyl (C=O) groups excluding carboxylic acids is 1. The Kier molecular flexibility index (Phi) is 17.2. The van der Waals surface area contributed by atoms with E-state index in [-0.39, 0.29) is 28.3 Å². The molecule has 1 heterocycles. The number of Topliss-reactive ketones (excluding diaryl/α,β-unsaturated/α-hetero) is 1. The summed E-state index contributed by atoms with van der Waals surface area (Å²) in [5.41, 5.74) is 6.35. The highest BCUT2D eigenvalue weighted by Crippen LogP contribution is 2.43. The van der Waals surface area contributed by atoms with Crippen molar-refractivity contribution in [2.45, 2.75) is 130 Å². The molecule has 1 N–H and O–H groups in total. The molecule has 0 saturated carbocycles. The van der Waals surface area contributed by atoms with E-state index in [9.17, 15) is 19.8 Å². The van der Waals surface area contributed by atoms with Crippen molar-refractivity contribution in [2.75, 3.05) is 24.7 Å². The van der Waals surface area contributed by atoms with E-state index in [0.717, 1.165) is 89.7 Å². The first-order chi connectivity index (χ1) is 31.1. The monoisotopic (exact) mass is 865 g/mol. The fourth-order valence-corrected chi connectivity index (χ4v) is 8.59. The third kappa shape index (κ3) is 11.8. The summed E-state index contributed by atoms with van der Waals surface area (Å²) in [6.45, 7) is 12.8. The Bertz CT molecular complexity index is 2260. The van der Waals surface area contributed by atoms with Gasteiger partial charge in [-0.1, -0.05) is 115 Å². The number of carboxylic acid groups (broad SMARTS) is 1. The van der Waals surface area contributed by atoms with Crippen molar-refractivity contribution in [1.29, 1.82) is 0 Å². The summed E-state index contributed by atoms with van der Waals surface area (Å²) >= 11 is 0. The molecule has 1 aliphatic carbocycles. The van der Waals surface area contributed by atoms with Gasteiger partial charge >= 0.3 is 5.97 Å². The number of rotatable bonds is 26. The Morgan fingerprint density at radius 1 is 0.672 bits per heavy atom. The summed E-state index contributed by atoms with van der Waals surface area (Å²) < 4.78 is 14.3. The second kappa shape index (κ2) is 23.2. The molecule has 1 aliphatic heterocycles. The largest absolute Gasteiger partial charge is 0.871 e. The average Bonchev–Trinajstić information content (AvgIpc) is 3.51. The number of benzene rings is 4. The van der Waals surface area contributed by atoms with E-state index in [1.807, 2.05) is 74.5 Å². The first kappa shape index (κ1) is 47.6. The Morgan fingerprint density at radius 3 is 1.69 bits per heavy atom. The molecule has 8 heteroatoms. The second-order valence-electron chi connectivity index (χ2n) is 17.7. The van der Waals surface area contributed by atoms with Crippen LogP contribution in [0.15, 0.2) is 120 Å². The van der Waals surface area contributed by atoms with Crippen LogP contribution in [0.25, 0.3) is 6.08 Å². The number of allylic oxidation sites excluding steroid dienone is 4. The lowest BCUT2D eigenvalue weighted by atomic mass is 9.78. The minimum Gasteiger partial charge on any atom is -0.871 e. The van der Waals surface area contributed by atoms with E-state index < -0.39 is 11.4 Å². The predicted octanol–water partition coefficient (Wildman–Crippen LogP) is 13.3. The van der Waals surface area contributed by atoms with E-state index in [0.29, 0.717) is 13.2 Å². The highest BCUT2D eigenvalue weighted by Gasteiger charge is 2.45. The molecule has 6 rings (SSSR count). The molecule has 338 valence electrons. The second-order valence-corrected chi connectivity index (χ2v) is 17.7. The number of hydrogen-bond acceptors (Lipinski definition) is 6. The highest BCUT2D eigenvalue weighted by atomic mass is 16.5. The van der Waals surface area contributed by atoms with Gasteiger partial charge in [0.2, 0.25) is 5.69 Å². The number of anilines is 3. The predicted molar refractivity (Wildman–Crippen MR) is 259 cm³/mol. The molecule has 0 radical (unpaired) electrons. The standard InChI is InChI=1S/C56H68N2O6/c1-6-9-12-15-16-17-36-57-51-35-23-42(55(61)62)39-50(51)56(4,5)52(57)40-49-53(59)48(54(49)60)34-22-41-20-24-43(25-21-41)58(44-26-30-46(31-27-44)63-37-18-13-10-7-2)45-28-32-47(33-29-45)64-38-19-14-11-8-3/h20-35,39-40H,6-19,36-38H2,1-5H3,(H-,59,60,61,62). The number of unbranched alkanes of at least 4 members (excludes halogenated alkanes) is 11. The van der Waals surface area contributed by atoms with Gasteiger partial charge in [-0.05, 0) is 111 Å². The van der Waals surface area contributed by atoms with Gasteiger partial charge in [0.25, 0.3) is 0 Å². The molecule has 4 aromatic rings. The number of fused-ring (bicyclic) bond motifs is 1. The zero-order valence-corrected chi connectivity index (χ0v) is 38.8. The molecule has 0 bridgehead atoms. The Balaban J connectivity index is 1.21. The van der Waals surface area contributed by atoms with Crippen LogP contribution in [-0.4, -0.2) is 46.9 Å². The summed E-state index contributed by atoms with van der Waals surface area (Å²) in [6.07, 6.45) is 21.2. The molecule has 64 heavy (non-hydrogen) atoms. The van der Waals surface area contributed by atoms with Crippen molar-refractivity contribution in [3.63, 3.8) is 0 Å². The van der Waals surface area contributed by atoms with Crippen LogP contribution in [0, 0.1) is 0 Å². The molecular weight excluding hydrogens is 797 g/mol. The third-order valence-corrected chi connectivity index (χ3v) is 12.5. The third-order valence-electron chi connectivity index (χ3n) is 12.5. The van der Waals surface area contributed by atoms with E-state index in [1.165, 1.54) is 57.8 Å². The zero-order valence-electron chi connectivity index (χ0n) is 38.8. The first-order valence-electron chi connectivity index (χ1n) is 23.8. The minimum absolute atomic E-state index is 0.154. The van der Waals surface area contributed by atoms with Crippen molar-refractivity contribution >= 4 is 46.3 Å². The quantitative estimate of drug-likeness (QED) is 0.0381. The highest BCUT2D eigenvalue weighted by molar-refractivity contribution is 6.24. The van der Waals surface area contributed by atoms with Crippen LogP contribution in [0.3, 0.4) is 0 Å². The van der Waals surface area contributed by atoms with E-state index in [2.05, 4.69) is 54.5 Å². The summed E-state index contributed by atoms with van der Waals surface area (Å²) in [4.78, 5) is 27.8. The Labute approximate surface area is 381 Å². The van der Waals surface area contributed by atoms with Crippen molar-refractivity contribution in [3.05, 3.63) is 137 Å². The minimum atomic E-state index is -0.983. The van der Waals surface area contributed by atoms with Crippen LogP contribution < -0.4 is 19.5 Å². The molecule has 2 aliphatic rings. The molecular formula is C56H68N2O6. The molecule has 4 aromatic carbocycles. The lowest BCUT2D eigenvalue weighted by Crippen LogP contribution is -2.34. The molecule has 0 atom stereocenters. The summed E-state index contributed by atoms with van der Waals surface area (Å²) in [6, 6.07) is 29.7. The number of aromatic carboxylic acids is 1. The Morgan fingerprint density at radius 2 is 1.17 bits per heavy atom. The van der Waals surface area contributed by atoms with Gasteiger partial charge in [0.05, 0.1) is 24.2 Å². The normalized spacial score (nSPS) is 15.0. The van der Waals surface area contributed by atoms with Gasteiger partial charge < -0.3 is 24.6 Å². The van der Waals surface area contributed by atoms with Crippen LogP contribution >= 0.6 is 0 Å². The van der Waals surface area contributed by atoms with Crippen molar-refractivity contribution in [1.82, 2.24) is 0 Å². The maximum atomic E-state index is 13.7. The van der Waals surface area contributed by atoms with Gasteiger partial charge in [-0.2, -0.15) is 4.58 Å². The van der Waals surface area contributed by atoms with Crippen LogP contribution in [0.2, 0.25) is 0 Å². The number of ether oxygens (including phenoxy) is 2. The van der Waals surface area contributed by atoms with E-state index >= 15 is 0 Å².